The minimum atomic E-state index is 0.208. The molecule has 19 heavy (non-hydrogen) atoms. The van der Waals surface area contributed by atoms with Crippen molar-refractivity contribution >= 4 is 23.2 Å². The average molecular weight is 299 g/mol. The molecule has 0 amide bonds. The fourth-order valence-corrected chi connectivity index (χ4v) is 3.19. The second kappa shape index (κ2) is 5.61. The molecule has 1 aromatic rings. The third-order valence-electron chi connectivity index (χ3n) is 4.15. The lowest BCUT2D eigenvalue weighted by Gasteiger charge is -2.32. The molecule has 2 saturated carbocycles. The van der Waals surface area contributed by atoms with Crippen LogP contribution in [0.25, 0.3) is 0 Å². The van der Waals surface area contributed by atoms with Gasteiger partial charge in [-0.3, -0.25) is 4.90 Å². The lowest BCUT2D eigenvalue weighted by atomic mass is 10.0. The second-order valence-corrected chi connectivity index (χ2v) is 6.55. The lowest BCUT2D eigenvalue weighted by molar-refractivity contribution is 0.183. The Morgan fingerprint density at radius 2 is 1.95 bits per heavy atom. The van der Waals surface area contributed by atoms with Gasteiger partial charge in [0.2, 0.25) is 0 Å². The fraction of sp³-hybridized carbons (Fsp3) is 0.600. The summed E-state index contributed by atoms with van der Waals surface area (Å²) in [5.41, 5.74) is 7.13. The van der Waals surface area contributed by atoms with Gasteiger partial charge in [-0.1, -0.05) is 35.3 Å². The Balaban J connectivity index is 1.86. The number of hydrogen-bond donors (Lipinski definition) is 1. The van der Waals surface area contributed by atoms with Crippen LogP contribution in [0.1, 0.15) is 37.3 Å². The molecule has 0 saturated heterocycles. The Kier molecular flexibility index (Phi) is 4.04. The molecule has 0 aromatic heterocycles. The predicted molar refractivity (Wildman–Crippen MR) is 80.7 cm³/mol. The molecule has 2 N–H and O–H groups in total. The van der Waals surface area contributed by atoms with Gasteiger partial charge in [0.25, 0.3) is 0 Å². The van der Waals surface area contributed by atoms with E-state index < -0.39 is 0 Å². The van der Waals surface area contributed by atoms with Gasteiger partial charge in [0.05, 0.1) is 10.0 Å². The Hall–Kier alpha value is -0.280. The van der Waals surface area contributed by atoms with E-state index in [1.54, 1.807) is 0 Å². The van der Waals surface area contributed by atoms with Crippen molar-refractivity contribution in [2.45, 2.75) is 37.8 Å². The maximum absolute atomic E-state index is 6.37. The molecule has 2 aliphatic carbocycles. The zero-order valence-electron chi connectivity index (χ0n) is 11.0. The molecule has 1 aromatic carbocycles. The highest BCUT2D eigenvalue weighted by Crippen LogP contribution is 2.41. The molecule has 104 valence electrons. The SMILES string of the molecule is NCC(c1cccc(Cl)c1Cl)N(CC1CC1)C1CC1. The zero-order chi connectivity index (χ0) is 13.4. The van der Waals surface area contributed by atoms with Crippen LogP contribution in [0.15, 0.2) is 18.2 Å². The van der Waals surface area contributed by atoms with Gasteiger partial charge in [-0.25, -0.2) is 0 Å². The summed E-state index contributed by atoms with van der Waals surface area (Å²) < 4.78 is 0. The van der Waals surface area contributed by atoms with E-state index in [1.165, 1.54) is 25.7 Å². The van der Waals surface area contributed by atoms with Crippen LogP contribution in [0.5, 0.6) is 0 Å². The summed E-state index contributed by atoms with van der Waals surface area (Å²) >= 11 is 12.5. The predicted octanol–water partition coefficient (Wildman–Crippen LogP) is 3.87. The molecule has 2 fully saturated rings. The highest BCUT2D eigenvalue weighted by Gasteiger charge is 2.38. The first kappa shape index (κ1) is 13.7. The Morgan fingerprint density at radius 3 is 2.53 bits per heavy atom. The molecule has 1 unspecified atom stereocenters. The Morgan fingerprint density at radius 1 is 1.21 bits per heavy atom. The minimum Gasteiger partial charge on any atom is -0.329 e. The van der Waals surface area contributed by atoms with Crippen LogP contribution in [0.2, 0.25) is 10.0 Å². The number of benzene rings is 1. The smallest absolute Gasteiger partial charge is 0.0640 e. The maximum atomic E-state index is 6.37. The van der Waals surface area contributed by atoms with Crippen LogP contribution in [-0.4, -0.2) is 24.0 Å². The van der Waals surface area contributed by atoms with Crippen LogP contribution < -0.4 is 5.73 Å². The van der Waals surface area contributed by atoms with E-state index in [0.29, 0.717) is 22.6 Å². The monoisotopic (exact) mass is 298 g/mol. The number of nitrogens with two attached hydrogens (primary N) is 1. The normalized spacial score (nSPS) is 20.8. The third kappa shape index (κ3) is 3.08. The second-order valence-electron chi connectivity index (χ2n) is 5.77. The van der Waals surface area contributed by atoms with E-state index in [2.05, 4.69) is 11.0 Å². The molecule has 4 heteroatoms. The number of hydrogen-bond acceptors (Lipinski definition) is 2. The van der Waals surface area contributed by atoms with E-state index in [-0.39, 0.29) is 6.04 Å². The summed E-state index contributed by atoms with van der Waals surface area (Å²) in [5.74, 6) is 0.868. The lowest BCUT2D eigenvalue weighted by Crippen LogP contribution is -2.37. The third-order valence-corrected chi connectivity index (χ3v) is 4.98. The van der Waals surface area contributed by atoms with Crippen molar-refractivity contribution in [3.63, 3.8) is 0 Å². The molecule has 1 atom stereocenters. The molecule has 0 spiro atoms. The quantitative estimate of drug-likeness (QED) is 0.864. The van der Waals surface area contributed by atoms with Gasteiger partial charge >= 0.3 is 0 Å². The average Bonchev–Trinajstić information content (AvgIpc) is 3.27. The van der Waals surface area contributed by atoms with Crippen LogP contribution in [0, 0.1) is 5.92 Å². The van der Waals surface area contributed by atoms with Crippen molar-refractivity contribution in [1.29, 1.82) is 0 Å². The largest absolute Gasteiger partial charge is 0.329 e. The van der Waals surface area contributed by atoms with Crippen LogP contribution in [-0.2, 0) is 0 Å². The van der Waals surface area contributed by atoms with E-state index in [1.807, 2.05) is 12.1 Å². The van der Waals surface area contributed by atoms with E-state index in [4.69, 9.17) is 28.9 Å². The van der Waals surface area contributed by atoms with Crippen molar-refractivity contribution in [2.24, 2.45) is 11.7 Å². The van der Waals surface area contributed by atoms with Gasteiger partial charge in [0.15, 0.2) is 0 Å². The van der Waals surface area contributed by atoms with Gasteiger partial charge in [-0.2, -0.15) is 0 Å². The van der Waals surface area contributed by atoms with Crippen molar-refractivity contribution in [2.75, 3.05) is 13.1 Å². The highest BCUT2D eigenvalue weighted by molar-refractivity contribution is 6.42. The van der Waals surface area contributed by atoms with E-state index in [0.717, 1.165) is 18.0 Å². The van der Waals surface area contributed by atoms with Crippen LogP contribution >= 0.6 is 23.2 Å². The fourth-order valence-electron chi connectivity index (χ4n) is 2.75. The molecule has 0 radical (unpaired) electrons. The maximum Gasteiger partial charge on any atom is 0.0640 e. The molecular formula is C15H20Cl2N2. The summed E-state index contributed by atoms with van der Waals surface area (Å²) in [6.45, 7) is 1.76. The molecule has 0 heterocycles. The van der Waals surface area contributed by atoms with Gasteiger partial charge in [-0.05, 0) is 43.2 Å². The van der Waals surface area contributed by atoms with Gasteiger partial charge < -0.3 is 5.73 Å². The number of halogens is 2. The number of nitrogens with zero attached hydrogens (tertiary/aromatic N) is 1. The Labute approximate surface area is 124 Å². The van der Waals surface area contributed by atoms with Crippen LogP contribution in [0.3, 0.4) is 0 Å². The van der Waals surface area contributed by atoms with E-state index in [9.17, 15) is 0 Å². The summed E-state index contributed by atoms with van der Waals surface area (Å²) in [6, 6.07) is 6.77. The molecule has 0 aliphatic heterocycles. The zero-order valence-corrected chi connectivity index (χ0v) is 12.5. The van der Waals surface area contributed by atoms with Crippen molar-refractivity contribution in [3.05, 3.63) is 33.8 Å². The van der Waals surface area contributed by atoms with Crippen LogP contribution in [0.4, 0.5) is 0 Å². The molecule has 2 aliphatic rings. The minimum absolute atomic E-state index is 0.208. The topological polar surface area (TPSA) is 29.3 Å². The first-order chi connectivity index (χ1) is 9.20. The first-order valence-corrected chi connectivity index (χ1v) is 7.86. The van der Waals surface area contributed by atoms with Crippen molar-refractivity contribution < 1.29 is 0 Å². The molecular weight excluding hydrogens is 279 g/mol. The summed E-state index contributed by atoms with van der Waals surface area (Å²) in [5, 5.41) is 1.29. The summed E-state index contributed by atoms with van der Waals surface area (Å²) in [6.07, 6.45) is 5.32. The van der Waals surface area contributed by atoms with Gasteiger partial charge in [0, 0.05) is 25.2 Å². The standard InChI is InChI=1S/C15H20Cl2N2/c16-13-3-1-2-12(15(13)17)14(8-18)19(11-6-7-11)9-10-4-5-10/h1-3,10-11,14H,4-9,18H2. The molecule has 0 bridgehead atoms. The summed E-state index contributed by atoms with van der Waals surface area (Å²) in [4.78, 5) is 2.56. The van der Waals surface area contributed by atoms with Crippen molar-refractivity contribution in [3.8, 4) is 0 Å². The van der Waals surface area contributed by atoms with Crippen molar-refractivity contribution in [1.82, 2.24) is 4.90 Å². The highest BCUT2D eigenvalue weighted by atomic mass is 35.5. The van der Waals surface area contributed by atoms with Gasteiger partial charge in [0.1, 0.15) is 0 Å². The molecule has 2 nitrogen and oxygen atoms in total. The summed E-state index contributed by atoms with van der Waals surface area (Å²) in [7, 11) is 0. The van der Waals surface area contributed by atoms with E-state index >= 15 is 0 Å². The first-order valence-electron chi connectivity index (χ1n) is 7.10. The Bertz CT molecular complexity index is 455. The van der Waals surface area contributed by atoms with Gasteiger partial charge in [-0.15, -0.1) is 0 Å². The molecule has 3 rings (SSSR count). The number of rotatable bonds is 6.